The van der Waals surface area contributed by atoms with Crippen LogP contribution in [0.5, 0.6) is 0 Å². The van der Waals surface area contributed by atoms with Gasteiger partial charge in [-0.25, -0.2) is 4.98 Å². The molecule has 2 aliphatic rings. The average Bonchev–Trinajstić information content (AvgIpc) is 3.65. The number of aromatic nitrogens is 1. The van der Waals surface area contributed by atoms with E-state index in [-0.39, 0.29) is 5.92 Å². The first-order chi connectivity index (χ1) is 22.7. The maximum atomic E-state index is 6.21. The molecule has 1 heterocycles. The lowest BCUT2D eigenvalue weighted by Gasteiger charge is -2.21. The number of benzene rings is 7. The fourth-order valence-electron chi connectivity index (χ4n) is 8.14. The van der Waals surface area contributed by atoms with Gasteiger partial charge in [0.25, 0.3) is 0 Å². The van der Waals surface area contributed by atoms with E-state index in [9.17, 15) is 0 Å². The molecule has 1 atom stereocenters. The van der Waals surface area contributed by atoms with Crippen LogP contribution in [0.25, 0.3) is 66.7 Å². The number of oxazole rings is 1. The Bertz CT molecular complexity index is 2490. The summed E-state index contributed by atoms with van der Waals surface area (Å²) in [5.41, 5.74) is 18.9. The van der Waals surface area contributed by atoms with Crippen LogP contribution in [0, 0.1) is 6.92 Å². The predicted octanol–water partition coefficient (Wildman–Crippen LogP) is 11.4. The average molecular weight is 588 g/mol. The zero-order chi connectivity index (χ0) is 30.4. The van der Waals surface area contributed by atoms with E-state index in [4.69, 9.17) is 9.40 Å². The van der Waals surface area contributed by atoms with E-state index in [0.717, 1.165) is 23.1 Å². The molecular weight excluding hydrogens is 558 g/mol. The Labute approximate surface area is 267 Å². The van der Waals surface area contributed by atoms with Crippen molar-refractivity contribution in [2.75, 3.05) is 0 Å². The van der Waals surface area contributed by atoms with Crippen molar-refractivity contribution >= 4 is 21.9 Å². The van der Waals surface area contributed by atoms with Crippen molar-refractivity contribution in [3.05, 3.63) is 173 Å². The highest BCUT2D eigenvalue weighted by Gasteiger charge is 2.37. The van der Waals surface area contributed by atoms with Crippen molar-refractivity contribution in [2.24, 2.45) is 0 Å². The van der Waals surface area contributed by atoms with Gasteiger partial charge in [-0.15, -0.1) is 0 Å². The third-order valence-electron chi connectivity index (χ3n) is 10.1. The second-order valence-corrected chi connectivity index (χ2v) is 12.7. The first-order valence-corrected chi connectivity index (χ1v) is 16.0. The van der Waals surface area contributed by atoms with Gasteiger partial charge in [0.15, 0.2) is 5.58 Å². The molecule has 0 aliphatic heterocycles. The summed E-state index contributed by atoms with van der Waals surface area (Å²) in [6, 6.07) is 50.8. The SMILES string of the molecule is Cc1ccc2ccc3c4c2c1-c1c(Cc2ccccc2)cccc1-c1cccc(c1-4)C3c1cccc(-c2nc3ccccc3o2)c1. The summed E-state index contributed by atoms with van der Waals surface area (Å²) >= 11 is 0. The van der Waals surface area contributed by atoms with Crippen LogP contribution in [-0.4, -0.2) is 4.98 Å². The van der Waals surface area contributed by atoms with Gasteiger partial charge in [0.2, 0.25) is 5.89 Å². The van der Waals surface area contributed by atoms with E-state index in [2.05, 4.69) is 122 Å². The molecular formula is C44H29NO. The van der Waals surface area contributed by atoms with Crippen molar-refractivity contribution < 1.29 is 4.42 Å². The number of rotatable bonds is 4. The predicted molar refractivity (Wildman–Crippen MR) is 188 cm³/mol. The van der Waals surface area contributed by atoms with Crippen LogP contribution in [0.2, 0.25) is 0 Å². The van der Waals surface area contributed by atoms with Gasteiger partial charge in [0, 0.05) is 11.5 Å². The summed E-state index contributed by atoms with van der Waals surface area (Å²) in [6.45, 7) is 2.28. The molecule has 0 saturated carbocycles. The quantitative estimate of drug-likeness (QED) is 0.205. The molecule has 0 amide bonds. The highest BCUT2D eigenvalue weighted by atomic mass is 16.3. The molecule has 216 valence electrons. The smallest absolute Gasteiger partial charge is 0.227 e. The van der Waals surface area contributed by atoms with Crippen molar-refractivity contribution in [2.45, 2.75) is 19.3 Å². The van der Waals surface area contributed by atoms with Crippen molar-refractivity contribution in [3.63, 3.8) is 0 Å². The highest BCUT2D eigenvalue weighted by Crippen LogP contribution is 2.59. The summed E-state index contributed by atoms with van der Waals surface area (Å²) in [5, 5.41) is 2.67. The zero-order valence-electron chi connectivity index (χ0n) is 25.4. The molecule has 0 spiro atoms. The molecule has 8 aromatic rings. The molecule has 1 unspecified atom stereocenters. The minimum atomic E-state index is 0.112. The van der Waals surface area contributed by atoms with Gasteiger partial charge in [0.05, 0.1) is 0 Å². The van der Waals surface area contributed by atoms with Crippen LogP contribution in [0.4, 0.5) is 0 Å². The number of para-hydroxylation sites is 2. The Hall–Kier alpha value is -5.73. The maximum Gasteiger partial charge on any atom is 0.227 e. The van der Waals surface area contributed by atoms with Gasteiger partial charge in [-0.05, 0) is 115 Å². The first-order valence-electron chi connectivity index (χ1n) is 16.0. The van der Waals surface area contributed by atoms with Gasteiger partial charge in [-0.1, -0.05) is 115 Å². The second-order valence-electron chi connectivity index (χ2n) is 12.7. The summed E-state index contributed by atoms with van der Waals surface area (Å²) < 4.78 is 6.21. The minimum absolute atomic E-state index is 0.112. The topological polar surface area (TPSA) is 26.0 Å². The van der Waals surface area contributed by atoms with Crippen molar-refractivity contribution in [3.8, 4) is 44.8 Å². The Kier molecular flexibility index (Phi) is 5.36. The van der Waals surface area contributed by atoms with E-state index in [1.54, 1.807) is 0 Å². The lowest BCUT2D eigenvalue weighted by atomic mass is 9.82. The number of fused-ring (bicyclic) bond motifs is 4. The normalized spacial score (nSPS) is 14.1. The van der Waals surface area contributed by atoms with Gasteiger partial charge in [0.1, 0.15) is 5.52 Å². The largest absolute Gasteiger partial charge is 0.436 e. The third-order valence-corrected chi connectivity index (χ3v) is 10.1. The molecule has 10 rings (SSSR count). The molecule has 0 N–H and O–H groups in total. The molecule has 2 aliphatic carbocycles. The summed E-state index contributed by atoms with van der Waals surface area (Å²) in [6.07, 6.45) is 0.898. The number of aryl methyl sites for hydroxylation is 1. The zero-order valence-corrected chi connectivity index (χ0v) is 25.4. The van der Waals surface area contributed by atoms with Crippen LogP contribution in [0.1, 0.15) is 39.3 Å². The monoisotopic (exact) mass is 587 g/mol. The van der Waals surface area contributed by atoms with E-state index in [1.807, 2.05) is 24.3 Å². The fraction of sp³-hybridized carbons (Fsp3) is 0.0682. The van der Waals surface area contributed by atoms with Crippen LogP contribution >= 0.6 is 0 Å². The Morgan fingerprint density at radius 3 is 2.26 bits per heavy atom. The maximum absolute atomic E-state index is 6.21. The lowest BCUT2D eigenvalue weighted by molar-refractivity contribution is 0.619. The van der Waals surface area contributed by atoms with Crippen LogP contribution < -0.4 is 0 Å². The van der Waals surface area contributed by atoms with E-state index < -0.39 is 0 Å². The Morgan fingerprint density at radius 2 is 1.37 bits per heavy atom. The second kappa shape index (κ2) is 9.63. The fourth-order valence-corrected chi connectivity index (χ4v) is 8.14. The Balaban J connectivity index is 1.24. The van der Waals surface area contributed by atoms with E-state index >= 15 is 0 Å². The number of nitrogens with zero attached hydrogens (tertiary/aromatic N) is 1. The Morgan fingerprint density at radius 1 is 0.609 bits per heavy atom. The lowest BCUT2D eigenvalue weighted by Crippen LogP contribution is -2.01. The van der Waals surface area contributed by atoms with Crippen LogP contribution in [-0.2, 0) is 6.42 Å². The van der Waals surface area contributed by atoms with Gasteiger partial charge in [-0.2, -0.15) is 0 Å². The van der Waals surface area contributed by atoms with Crippen molar-refractivity contribution in [1.82, 2.24) is 4.98 Å². The molecule has 2 heteroatoms. The van der Waals surface area contributed by atoms with E-state index in [0.29, 0.717) is 5.89 Å². The van der Waals surface area contributed by atoms with E-state index in [1.165, 1.54) is 77.5 Å². The van der Waals surface area contributed by atoms with Gasteiger partial charge in [-0.3, -0.25) is 0 Å². The minimum Gasteiger partial charge on any atom is -0.436 e. The standard InChI is InChI=1S/C44H29NO/c1-26-20-21-28-22-23-35-39(30-12-7-14-31(25-30)44-45-36-18-5-6-19-37(36)46-44)34-17-9-16-33-32-15-8-13-29(24-27-10-3-2-4-11-27)40(32)38(26)41(28)43(35)42(33)34/h2-23,25,39H,24H2,1H3. The van der Waals surface area contributed by atoms with Crippen LogP contribution in [0.15, 0.2) is 144 Å². The summed E-state index contributed by atoms with van der Waals surface area (Å²) in [7, 11) is 0. The summed E-state index contributed by atoms with van der Waals surface area (Å²) in [5.74, 6) is 0.772. The molecule has 7 aromatic carbocycles. The van der Waals surface area contributed by atoms with Crippen molar-refractivity contribution in [1.29, 1.82) is 0 Å². The molecule has 0 bridgehead atoms. The molecule has 2 nitrogen and oxygen atoms in total. The number of hydrogen-bond acceptors (Lipinski definition) is 2. The third kappa shape index (κ3) is 3.61. The summed E-state index contributed by atoms with van der Waals surface area (Å²) in [4.78, 5) is 4.82. The van der Waals surface area contributed by atoms with Gasteiger partial charge < -0.3 is 4.42 Å². The molecule has 46 heavy (non-hydrogen) atoms. The van der Waals surface area contributed by atoms with Crippen LogP contribution in [0.3, 0.4) is 0 Å². The molecule has 0 fully saturated rings. The highest BCUT2D eigenvalue weighted by molar-refractivity contribution is 6.17. The van der Waals surface area contributed by atoms with Gasteiger partial charge >= 0.3 is 0 Å². The molecule has 0 radical (unpaired) electrons. The first kappa shape index (κ1) is 25.6. The number of hydrogen-bond donors (Lipinski definition) is 0. The molecule has 1 aromatic heterocycles. The molecule has 0 saturated heterocycles.